The van der Waals surface area contributed by atoms with E-state index in [0.717, 1.165) is 24.2 Å². The molecule has 0 aliphatic carbocycles. The van der Waals surface area contributed by atoms with E-state index in [0.29, 0.717) is 22.4 Å². The summed E-state index contributed by atoms with van der Waals surface area (Å²) in [5.74, 6) is 0.594. The van der Waals surface area contributed by atoms with Gasteiger partial charge in [0, 0.05) is 18.8 Å². The van der Waals surface area contributed by atoms with Crippen molar-refractivity contribution in [3.63, 3.8) is 0 Å². The molecular weight excluding hydrogens is 311 g/mol. The maximum Gasteiger partial charge on any atom is 0.244 e. The van der Waals surface area contributed by atoms with Crippen molar-refractivity contribution >= 4 is 40.6 Å². The molecular formula is C14H12Cl2N4O. The van der Waals surface area contributed by atoms with Gasteiger partial charge in [-0.2, -0.15) is 5.10 Å². The lowest BCUT2D eigenvalue weighted by molar-refractivity contribution is -0.121. The van der Waals surface area contributed by atoms with Gasteiger partial charge in [0.1, 0.15) is 0 Å². The van der Waals surface area contributed by atoms with E-state index in [1.807, 2.05) is 6.07 Å². The molecule has 21 heavy (non-hydrogen) atoms. The van der Waals surface area contributed by atoms with Crippen LogP contribution in [0.3, 0.4) is 0 Å². The summed E-state index contributed by atoms with van der Waals surface area (Å²) in [6.45, 7) is 1.41. The summed E-state index contributed by atoms with van der Waals surface area (Å²) in [5.41, 5.74) is 1.13. The molecule has 2 aliphatic rings. The maximum absolute atomic E-state index is 13.1. The van der Waals surface area contributed by atoms with E-state index in [-0.39, 0.29) is 5.91 Å². The van der Waals surface area contributed by atoms with Gasteiger partial charge in [-0.15, -0.1) is 0 Å². The Labute approximate surface area is 131 Å². The first-order valence-electron chi connectivity index (χ1n) is 6.68. The fourth-order valence-electron chi connectivity index (χ4n) is 3.25. The van der Waals surface area contributed by atoms with Gasteiger partial charge in [0.25, 0.3) is 0 Å². The summed E-state index contributed by atoms with van der Waals surface area (Å²) in [6, 6.07) is 5.33. The maximum atomic E-state index is 13.1. The molecule has 1 atom stereocenters. The minimum atomic E-state index is -0.567. The average Bonchev–Trinajstić information content (AvgIpc) is 3.17. The van der Waals surface area contributed by atoms with Crippen molar-refractivity contribution < 1.29 is 4.79 Å². The number of amides is 1. The Kier molecular flexibility index (Phi) is 2.79. The monoisotopic (exact) mass is 322 g/mol. The second kappa shape index (κ2) is 4.47. The van der Waals surface area contributed by atoms with Gasteiger partial charge >= 0.3 is 0 Å². The molecule has 1 amide bonds. The van der Waals surface area contributed by atoms with Gasteiger partial charge in [-0.25, -0.2) is 0 Å². The zero-order valence-corrected chi connectivity index (χ0v) is 12.5. The van der Waals surface area contributed by atoms with E-state index in [4.69, 9.17) is 23.2 Å². The lowest BCUT2D eigenvalue weighted by Gasteiger charge is -2.21. The zero-order chi connectivity index (χ0) is 14.6. The summed E-state index contributed by atoms with van der Waals surface area (Å²) >= 11 is 12.3. The molecule has 5 nitrogen and oxygen atoms in total. The summed E-state index contributed by atoms with van der Waals surface area (Å²) in [6.07, 6.45) is 2.44. The van der Waals surface area contributed by atoms with E-state index in [9.17, 15) is 4.79 Å². The van der Waals surface area contributed by atoms with Gasteiger partial charge < -0.3 is 5.32 Å². The Hall–Kier alpha value is -1.56. The largest absolute Gasteiger partial charge is 0.315 e. The van der Waals surface area contributed by atoms with Crippen LogP contribution in [0, 0.1) is 0 Å². The molecule has 1 unspecified atom stereocenters. The highest BCUT2D eigenvalue weighted by atomic mass is 35.5. The van der Waals surface area contributed by atoms with Gasteiger partial charge in [0.05, 0.1) is 21.1 Å². The number of carbonyl (C=O) groups is 1. The van der Waals surface area contributed by atoms with Crippen molar-refractivity contribution in [2.24, 2.45) is 0 Å². The number of anilines is 2. The van der Waals surface area contributed by atoms with Crippen molar-refractivity contribution in [1.29, 1.82) is 0 Å². The number of rotatable bonds is 1. The van der Waals surface area contributed by atoms with Crippen molar-refractivity contribution in [1.82, 2.24) is 15.5 Å². The summed E-state index contributed by atoms with van der Waals surface area (Å²) in [5, 5.41) is 11.1. The highest BCUT2D eigenvalue weighted by molar-refractivity contribution is 6.42. The molecule has 7 heteroatoms. The van der Waals surface area contributed by atoms with Gasteiger partial charge in [-0.1, -0.05) is 23.2 Å². The first kappa shape index (κ1) is 13.1. The van der Waals surface area contributed by atoms with Crippen LogP contribution in [0.25, 0.3) is 0 Å². The molecule has 1 aromatic carbocycles. The number of fused-ring (bicyclic) bond motifs is 2. The number of benzene rings is 1. The second-order valence-electron chi connectivity index (χ2n) is 5.37. The standard InChI is InChI=1S/C14H12Cl2N4O/c15-9-5-8-11(6-10(9)16)20(12-1-3-18-19-12)13(21)14(8)2-4-17-7-14/h1,3,5-6,17H,2,4,7H2,(H,18,19). The fraction of sp³-hybridized carbons (Fsp3) is 0.286. The van der Waals surface area contributed by atoms with Crippen LogP contribution < -0.4 is 10.2 Å². The molecule has 108 valence electrons. The van der Waals surface area contributed by atoms with E-state index in [1.54, 1.807) is 23.2 Å². The number of hydrogen-bond acceptors (Lipinski definition) is 3. The SMILES string of the molecule is O=C1N(c2cc[nH]n2)c2cc(Cl)c(Cl)cc2C12CCNC2. The Balaban J connectivity index is 1.97. The molecule has 2 N–H and O–H groups in total. The van der Waals surface area contributed by atoms with Crippen molar-refractivity contribution in [2.75, 3.05) is 18.0 Å². The summed E-state index contributed by atoms with van der Waals surface area (Å²) in [4.78, 5) is 14.7. The third kappa shape index (κ3) is 1.68. The van der Waals surface area contributed by atoms with Gasteiger partial charge in [-0.05, 0) is 30.7 Å². The Morgan fingerprint density at radius 3 is 2.76 bits per heavy atom. The molecule has 1 saturated heterocycles. The fourth-order valence-corrected chi connectivity index (χ4v) is 3.57. The number of carbonyl (C=O) groups excluding carboxylic acids is 1. The van der Waals surface area contributed by atoms with Crippen LogP contribution in [-0.2, 0) is 10.2 Å². The van der Waals surface area contributed by atoms with Crippen LogP contribution >= 0.6 is 23.2 Å². The number of nitrogens with one attached hydrogen (secondary N) is 2. The van der Waals surface area contributed by atoms with Crippen LogP contribution in [0.1, 0.15) is 12.0 Å². The first-order chi connectivity index (χ1) is 10.1. The third-order valence-corrected chi connectivity index (χ3v) is 5.00. The van der Waals surface area contributed by atoms with E-state index >= 15 is 0 Å². The molecule has 1 spiro atoms. The highest BCUT2D eigenvalue weighted by Gasteiger charge is 2.53. The van der Waals surface area contributed by atoms with E-state index in [1.165, 1.54) is 0 Å². The predicted octanol–water partition coefficient (Wildman–Crippen LogP) is 2.63. The molecule has 2 aromatic rings. The van der Waals surface area contributed by atoms with Crippen LogP contribution in [0.15, 0.2) is 24.4 Å². The third-order valence-electron chi connectivity index (χ3n) is 4.28. The Morgan fingerprint density at radius 2 is 2.10 bits per heavy atom. The lowest BCUT2D eigenvalue weighted by Crippen LogP contribution is -2.40. The zero-order valence-electron chi connectivity index (χ0n) is 11.0. The number of nitrogens with zero attached hydrogens (tertiary/aromatic N) is 2. The minimum Gasteiger partial charge on any atom is -0.315 e. The normalized spacial score (nSPS) is 24.1. The molecule has 0 saturated carbocycles. The second-order valence-corrected chi connectivity index (χ2v) is 6.18. The van der Waals surface area contributed by atoms with Crippen LogP contribution in [0.2, 0.25) is 10.0 Å². The highest BCUT2D eigenvalue weighted by Crippen LogP contribution is 2.50. The van der Waals surface area contributed by atoms with Crippen LogP contribution in [0.4, 0.5) is 11.5 Å². The van der Waals surface area contributed by atoms with E-state index in [2.05, 4.69) is 15.5 Å². The van der Waals surface area contributed by atoms with Crippen LogP contribution in [0.5, 0.6) is 0 Å². The number of aromatic nitrogens is 2. The first-order valence-corrected chi connectivity index (χ1v) is 7.44. The average molecular weight is 323 g/mol. The Bertz CT molecular complexity index is 723. The number of H-pyrrole nitrogens is 1. The molecule has 2 aliphatic heterocycles. The van der Waals surface area contributed by atoms with Gasteiger partial charge in [-0.3, -0.25) is 14.8 Å². The quantitative estimate of drug-likeness (QED) is 0.848. The topological polar surface area (TPSA) is 61.0 Å². The number of aromatic amines is 1. The van der Waals surface area contributed by atoms with Crippen molar-refractivity contribution in [2.45, 2.75) is 11.8 Å². The number of halogens is 2. The molecule has 3 heterocycles. The van der Waals surface area contributed by atoms with Crippen LogP contribution in [-0.4, -0.2) is 29.2 Å². The molecule has 0 bridgehead atoms. The smallest absolute Gasteiger partial charge is 0.244 e. The van der Waals surface area contributed by atoms with Gasteiger partial charge in [0.15, 0.2) is 5.82 Å². The van der Waals surface area contributed by atoms with Crippen molar-refractivity contribution in [3.8, 4) is 0 Å². The predicted molar refractivity (Wildman–Crippen MR) is 81.4 cm³/mol. The summed E-state index contributed by atoms with van der Waals surface area (Å²) in [7, 11) is 0. The number of hydrogen-bond donors (Lipinski definition) is 2. The van der Waals surface area contributed by atoms with Gasteiger partial charge in [0.2, 0.25) is 5.91 Å². The lowest BCUT2D eigenvalue weighted by atomic mass is 9.81. The minimum absolute atomic E-state index is 0.0212. The Morgan fingerprint density at radius 1 is 1.29 bits per heavy atom. The molecule has 0 radical (unpaired) electrons. The van der Waals surface area contributed by atoms with E-state index < -0.39 is 5.41 Å². The molecule has 1 aromatic heterocycles. The molecule has 1 fully saturated rings. The molecule has 4 rings (SSSR count). The summed E-state index contributed by atoms with van der Waals surface area (Å²) < 4.78 is 0. The van der Waals surface area contributed by atoms with Crippen molar-refractivity contribution in [3.05, 3.63) is 40.0 Å².